The lowest BCUT2D eigenvalue weighted by atomic mass is 10.2. The van der Waals surface area contributed by atoms with Crippen molar-refractivity contribution in [3.8, 4) is 0 Å². The van der Waals surface area contributed by atoms with Crippen LogP contribution in [0.25, 0.3) is 0 Å². The van der Waals surface area contributed by atoms with Crippen molar-refractivity contribution >= 4 is 11.6 Å². The summed E-state index contributed by atoms with van der Waals surface area (Å²) in [5.74, 6) is -0.153. The normalized spacial score (nSPS) is 10.0. The van der Waals surface area contributed by atoms with Crippen molar-refractivity contribution in [2.24, 2.45) is 0 Å². The van der Waals surface area contributed by atoms with Crippen LogP contribution in [0.5, 0.6) is 0 Å². The zero-order valence-corrected chi connectivity index (χ0v) is 10.6. The number of pyridine rings is 1. The molecule has 1 aromatic heterocycles. The van der Waals surface area contributed by atoms with Crippen LogP contribution in [0, 0.1) is 0 Å². The van der Waals surface area contributed by atoms with Crippen LogP contribution in [0.1, 0.15) is 43.1 Å². The van der Waals surface area contributed by atoms with Gasteiger partial charge in [0.15, 0.2) is 0 Å². The van der Waals surface area contributed by atoms with Crippen molar-refractivity contribution < 1.29 is 4.79 Å². The minimum Gasteiger partial charge on any atom is -0.385 e. The summed E-state index contributed by atoms with van der Waals surface area (Å²) in [6, 6.07) is 3.66. The highest BCUT2D eigenvalue weighted by atomic mass is 16.1. The summed E-state index contributed by atoms with van der Waals surface area (Å²) in [6.07, 6.45) is 6.58. The molecule has 1 amide bonds. The standard InChI is InChI=1S/C13H21N3O/c1-3-4-5-6-8-15-11-7-9-16-12(10-11)13(17)14-2/h7,9-10H,3-6,8H2,1-2H3,(H,14,17)(H,15,16). The maximum Gasteiger partial charge on any atom is 0.269 e. The third-order valence-electron chi connectivity index (χ3n) is 2.58. The molecule has 4 heteroatoms. The van der Waals surface area contributed by atoms with Crippen molar-refractivity contribution in [3.63, 3.8) is 0 Å². The zero-order valence-electron chi connectivity index (χ0n) is 10.6. The van der Waals surface area contributed by atoms with Gasteiger partial charge in [0.05, 0.1) is 0 Å². The molecule has 0 unspecified atom stereocenters. The Hall–Kier alpha value is -1.58. The summed E-state index contributed by atoms with van der Waals surface area (Å²) in [5.41, 5.74) is 1.40. The third kappa shape index (κ3) is 4.85. The van der Waals surface area contributed by atoms with Gasteiger partial charge in [-0.05, 0) is 18.6 Å². The molecule has 1 aromatic rings. The molecule has 0 saturated carbocycles. The SMILES string of the molecule is CCCCCCNc1ccnc(C(=O)NC)c1. The van der Waals surface area contributed by atoms with E-state index < -0.39 is 0 Å². The van der Waals surface area contributed by atoms with Gasteiger partial charge in [0.2, 0.25) is 0 Å². The number of amides is 1. The van der Waals surface area contributed by atoms with Gasteiger partial charge in [-0.1, -0.05) is 26.2 Å². The van der Waals surface area contributed by atoms with Crippen molar-refractivity contribution in [1.29, 1.82) is 0 Å². The quantitative estimate of drug-likeness (QED) is 0.714. The molecule has 0 aromatic carbocycles. The minimum absolute atomic E-state index is 0.153. The molecule has 1 rings (SSSR count). The Morgan fingerprint density at radius 3 is 2.88 bits per heavy atom. The fourth-order valence-corrected chi connectivity index (χ4v) is 1.58. The van der Waals surface area contributed by atoms with E-state index in [9.17, 15) is 4.79 Å². The fourth-order valence-electron chi connectivity index (χ4n) is 1.58. The van der Waals surface area contributed by atoms with E-state index in [1.807, 2.05) is 6.07 Å². The van der Waals surface area contributed by atoms with E-state index in [4.69, 9.17) is 0 Å². The smallest absolute Gasteiger partial charge is 0.269 e. The molecule has 17 heavy (non-hydrogen) atoms. The van der Waals surface area contributed by atoms with Gasteiger partial charge in [0.1, 0.15) is 5.69 Å². The van der Waals surface area contributed by atoms with Crippen LogP contribution in [-0.4, -0.2) is 24.5 Å². The highest BCUT2D eigenvalue weighted by Gasteiger charge is 2.04. The van der Waals surface area contributed by atoms with E-state index in [1.165, 1.54) is 19.3 Å². The summed E-state index contributed by atoms with van der Waals surface area (Å²) in [6.45, 7) is 3.14. The maximum atomic E-state index is 11.4. The van der Waals surface area contributed by atoms with E-state index in [0.717, 1.165) is 18.7 Å². The van der Waals surface area contributed by atoms with Gasteiger partial charge in [0.25, 0.3) is 5.91 Å². The number of nitrogens with zero attached hydrogens (tertiary/aromatic N) is 1. The Balaban J connectivity index is 2.40. The van der Waals surface area contributed by atoms with E-state index >= 15 is 0 Å². The molecule has 0 aliphatic carbocycles. The molecular weight excluding hydrogens is 214 g/mol. The van der Waals surface area contributed by atoms with Gasteiger partial charge in [-0.2, -0.15) is 0 Å². The topological polar surface area (TPSA) is 54.0 Å². The van der Waals surface area contributed by atoms with Crippen molar-refractivity contribution in [1.82, 2.24) is 10.3 Å². The van der Waals surface area contributed by atoms with Crippen LogP contribution < -0.4 is 10.6 Å². The summed E-state index contributed by atoms with van der Waals surface area (Å²) in [7, 11) is 1.61. The van der Waals surface area contributed by atoms with Crippen molar-refractivity contribution in [2.75, 3.05) is 18.9 Å². The number of unbranched alkanes of at least 4 members (excludes halogenated alkanes) is 3. The molecule has 0 atom stereocenters. The Morgan fingerprint density at radius 1 is 1.35 bits per heavy atom. The molecule has 0 spiro atoms. The summed E-state index contributed by atoms with van der Waals surface area (Å²) < 4.78 is 0. The molecule has 2 N–H and O–H groups in total. The van der Waals surface area contributed by atoms with Gasteiger partial charge in [0, 0.05) is 25.5 Å². The van der Waals surface area contributed by atoms with Crippen LogP contribution in [0.2, 0.25) is 0 Å². The average Bonchev–Trinajstić information content (AvgIpc) is 2.38. The second-order valence-corrected chi connectivity index (χ2v) is 4.00. The predicted molar refractivity (Wildman–Crippen MR) is 70.3 cm³/mol. The molecule has 4 nitrogen and oxygen atoms in total. The van der Waals surface area contributed by atoms with Gasteiger partial charge < -0.3 is 10.6 Å². The number of nitrogens with one attached hydrogen (secondary N) is 2. The summed E-state index contributed by atoms with van der Waals surface area (Å²) >= 11 is 0. The van der Waals surface area contributed by atoms with Gasteiger partial charge in [-0.25, -0.2) is 0 Å². The molecule has 1 heterocycles. The number of aromatic nitrogens is 1. The van der Waals surface area contributed by atoms with Gasteiger partial charge in [-0.3, -0.25) is 9.78 Å². The first-order valence-electron chi connectivity index (χ1n) is 6.20. The monoisotopic (exact) mass is 235 g/mol. The molecule has 0 aliphatic heterocycles. The predicted octanol–water partition coefficient (Wildman–Crippen LogP) is 2.43. The lowest BCUT2D eigenvalue weighted by Gasteiger charge is -2.07. The zero-order chi connectivity index (χ0) is 12.5. The van der Waals surface area contributed by atoms with E-state index in [0.29, 0.717) is 5.69 Å². The van der Waals surface area contributed by atoms with Gasteiger partial charge >= 0.3 is 0 Å². The molecular formula is C13H21N3O. The first-order chi connectivity index (χ1) is 8.27. The number of rotatable bonds is 7. The number of carbonyl (C=O) groups is 1. The second-order valence-electron chi connectivity index (χ2n) is 4.00. The molecule has 0 fully saturated rings. The van der Waals surface area contributed by atoms with E-state index in [1.54, 1.807) is 19.3 Å². The van der Waals surface area contributed by atoms with Crippen molar-refractivity contribution in [3.05, 3.63) is 24.0 Å². The van der Waals surface area contributed by atoms with E-state index in [-0.39, 0.29) is 5.91 Å². The number of hydrogen-bond acceptors (Lipinski definition) is 3. The lowest BCUT2D eigenvalue weighted by molar-refractivity contribution is 0.0958. The van der Waals surface area contributed by atoms with E-state index in [2.05, 4.69) is 22.5 Å². The Kier molecular flexibility index (Phi) is 6.07. The minimum atomic E-state index is -0.153. The number of carbonyl (C=O) groups excluding carboxylic acids is 1. The second kappa shape index (κ2) is 7.65. The summed E-state index contributed by atoms with van der Waals surface area (Å²) in [5, 5.41) is 5.87. The van der Waals surface area contributed by atoms with Gasteiger partial charge in [-0.15, -0.1) is 0 Å². The molecule has 0 bridgehead atoms. The molecule has 0 saturated heterocycles. The highest BCUT2D eigenvalue weighted by Crippen LogP contribution is 2.08. The van der Waals surface area contributed by atoms with Crippen LogP contribution in [0.3, 0.4) is 0 Å². The Bertz CT molecular complexity index is 352. The van der Waals surface area contributed by atoms with Crippen molar-refractivity contribution in [2.45, 2.75) is 32.6 Å². The third-order valence-corrected chi connectivity index (χ3v) is 2.58. The van der Waals surface area contributed by atoms with Crippen LogP contribution in [0.15, 0.2) is 18.3 Å². The van der Waals surface area contributed by atoms with Crippen LogP contribution >= 0.6 is 0 Å². The number of anilines is 1. The first-order valence-corrected chi connectivity index (χ1v) is 6.20. The average molecular weight is 235 g/mol. The largest absolute Gasteiger partial charge is 0.385 e. The Morgan fingerprint density at radius 2 is 2.18 bits per heavy atom. The molecule has 94 valence electrons. The first kappa shape index (κ1) is 13.5. The van der Waals surface area contributed by atoms with Crippen LogP contribution in [-0.2, 0) is 0 Å². The van der Waals surface area contributed by atoms with Crippen LogP contribution in [0.4, 0.5) is 5.69 Å². The summed E-state index contributed by atoms with van der Waals surface area (Å²) in [4.78, 5) is 15.4. The maximum absolute atomic E-state index is 11.4. The fraction of sp³-hybridized carbons (Fsp3) is 0.538. The number of hydrogen-bond donors (Lipinski definition) is 2. The highest BCUT2D eigenvalue weighted by molar-refractivity contribution is 5.92. The molecule has 0 radical (unpaired) electrons. The lowest BCUT2D eigenvalue weighted by Crippen LogP contribution is -2.19. The molecule has 0 aliphatic rings. The Labute approximate surface area is 103 Å².